The summed E-state index contributed by atoms with van der Waals surface area (Å²) in [5, 5.41) is 13.0. The molecular formula is C19H20N4O2S. The zero-order chi connectivity index (χ0) is 18.4. The molecule has 3 rings (SSSR count). The summed E-state index contributed by atoms with van der Waals surface area (Å²) in [6.07, 6.45) is 1.29. The van der Waals surface area contributed by atoms with Crippen molar-refractivity contribution in [1.29, 1.82) is 0 Å². The predicted molar refractivity (Wildman–Crippen MR) is 102 cm³/mol. The molecule has 0 unspecified atom stereocenters. The molecule has 0 spiro atoms. The van der Waals surface area contributed by atoms with E-state index in [4.69, 9.17) is 0 Å². The lowest BCUT2D eigenvalue weighted by Gasteiger charge is -2.05. The zero-order valence-electron chi connectivity index (χ0n) is 14.5. The highest BCUT2D eigenvalue weighted by Crippen LogP contribution is 2.13. The van der Waals surface area contributed by atoms with Crippen LogP contribution in [0.25, 0.3) is 11.4 Å². The lowest BCUT2D eigenvalue weighted by Crippen LogP contribution is -2.27. The normalized spacial score (nSPS) is 10.7. The minimum atomic E-state index is -0.304. The van der Waals surface area contributed by atoms with E-state index >= 15 is 0 Å². The topological polar surface area (TPSA) is 87.7 Å². The monoisotopic (exact) mass is 368 g/mol. The molecule has 0 fully saturated rings. The van der Waals surface area contributed by atoms with Crippen LogP contribution in [0.15, 0.2) is 46.6 Å². The maximum Gasteiger partial charge on any atom is 0.273 e. The number of H-pyrrole nitrogens is 1. The number of nitrogens with one attached hydrogen (secondary N) is 2. The van der Waals surface area contributed by atoms with E-state index in [0.29, 0.717) is 12.4 Å². The summed E-state index contributed by atoms with van der Waals surface area (Å²) in [5.41, 5.74) is 1.90. The Morgan fingerprint density at radius 1 is 1.15 bits per heavy atom. The van der Waals surface area contributed by atoms with Crippen LogP contribution < -0.4 is 10.9 Å². The van der Waals surface area contributed by atoms with Crippen LogP contribution in [0.5, 0.6) is 0 Å². The van der Waals surface area contributed by atoms with Crippen LogP contribution in [0, 0.1) is 6.92 Å². The number of rotatable bonds is 7. The molecule has 0 aliphatic rings. The predicted octanol–water partition coefficient (Wildman–Crippen LogP) is 2.49. The van der Waals surface area contributed by atoms with Gasteiger partial charge in [-0.25, -0.2) is 0 Å². The Hall–Kier alpha value is -2.80. The van der Waals surface area contributed by atoms with Crippen molar-refractivity contribution in [2.75, 3.05) is 6.54 Å². The molecule has 0 aliphatic carbocycles. The number of aromatic amines is 1. The molecule has 2 aromatic heterocycles. The second kappa shape index (κ2) is 8.53. The molecule has 26 heavy (non-hydrogen) atoms. The fourth-order valence-corrected chi connectivity index (χ4v) is 3.17. The van der Waals surface area contributed by atoms with Crippen molar-refractivity contribution in [3.05, 3.63) is 68.3 Å². The van der Waals surface area contributed by atoms with Gasteiger partial charge in [-0.1, -0.05) is 35.9 Å². The first-order valence-electron chi connectivity index (χ1n) is 8.44. The molecule has 0 bridgehead atoms. The first-order valence-corrected chi connectivity index (χ1v) is 9.32. The maximum atomic E-state index is 12.2. The first-order chi connectivity index (χ1) is 12.6. The van der Waals surface area contributed by atoms with Crippen molar-refractivity contribution in [2.24, 2.45) is 0 Å². The molecular weight excluding hydrogens is 348 g/mol. The Bertz CT molecular complexity index is 917. The summed E-state index contributed by atoms with van der Waals surface area (Å²) in [6.45, 7) is 2.58. The lowest BCUT2D eigenvalue weighted by atomic mass is 10.1. The lowest BCUT2D eigenvalue weighted by molar-refractivity contribution is -0.121. The minimum absolute atomic E-state index is 0.0923. The average Bonchev–Trinajstić information content (AvgIpc) is 3.15. The third kappa shape index (κ3) is 4.86. The van der Waals surface area contributed by atoms with Crippen LogP contribution in [0.2, 0.25) is 0 Å². The van der Waals surface area contributed by atoms with E-state index < -0.39 is 0 Å². The van der Waals surface area contributed by atoms with Crippen LogP contribution in [0.3, 0.4) is 0 Å². The number of nitrogens with zero attached hydrogens (tertiary/aromatic N) is 2. The van der Waals surface area contributed by atoms with E-state index in [9.17, 15) is 9.59 Å². The van der Waals surface area contributed by atoms with E-state index in [-0.39, 0.29) is 30.0 Å². The summed E-state index contributed by atoms with van der Waals surface area (Å²) >= 11 is 1.67. The second-order valence-electron chi connectivity index (χ2n) is 5.99. The number of carbonyl (C=O) groups excluding carboxylic acids is 1. The van der Waals surface area contributed by atoms with Crippen molar-refractivity contribution in [3.63, 3.8) is 0 Å². The number of benzene rings is 1. The van der Waals surface area contributed by atoms with E-state index in [1.54, 1.807) is 11.3 Å². The number of aryl methyl sites for hydroxylation is 2. The first kappa shape index (κ1) is 18.0. The Labute approximate surface area is 155 Å². The fourth-order valence-electron chi connectivity index (χ4n) is 2.47. The molecule has 7 heteroatoms. The molecule has 2 N–H and O–H groups in total. The number of hydrogen-bond donors (Lipinski definition) is 2. The van der Waals surface area contributed by atoms with Gasteiger partial charge in [-0.2, -0.15) is 0 Å². The molecule has 1 aromatic carbocycles. The summed E-state index contributed by atoms with van der Waals surface area (Å²) in [4.78, 5) is 28.1. The van der Waals surface area contributed by atoms with Crippen LogP contribution >= 0.6 is 11.3 Å². The van der Waals surface area contributed by atoms with Crippen molar-refractivity contribution in [3.8, 4) is 11.4 Å². The van der Waals surface area contributed by atoms with Gasteiger partial charge in [0, 0.05) is 29.8 Å². The standard InChI is InChI=1S/C19H20N4O2S/c1-13-4-6-14(7-5-13)18-21-19(25)16(22-23-18)8-9-17(24)20-11-10-15-3-2-12-26-15/h2-7,12H,8-11H2,1H3,(H,20,24)(H,21,23,25). The summed E-state index contributed by atoms with van der Waals surface area (Å²) in [5.74, 6) is 0.338. The highest BCUT2D eigenvalue weighted by Gasteiger charge is 2.09. The number of hydrogen-bond acceptors (Lipinski definition) is 5. The quantitative estimate of drug-likeness (QED) is 0.671. The SMILES string of the molecule is Cc1ccc(-c2nnc(CCC(=O)NCCc3cccs3)c(=O)[nH]2)cc1. The molecule has 0 aliphatic heterocycles. The van der Waals surface area contributed by atoms with Gasteiger partial charge in [0.15, 0.2) is 5.82 Å². The second-order valence-corrected chi connectivity index (χ2v) is 7.03. The van der Waals surface area contributed by atoms with Crippen LogP contribution in [-0.2, 0) is 17.6 Å². The third-order valence-corrected chi connectivity index (χ3v) is 4.89. The van der Waals surface area contributed by atoms with E-state index in [1.165, 1.54) is 4.88 Å². The molecule has 3 aromatic rings. The summed E-state index contributed by atoms with van der Waals surface area (Å²) in [7, 11) is 0. The van der Waals surface area contributed by atoms with Gasteiger partial charge in [0.2, 0.25) is 5.91 Å². The van der Waals surface area contributed by atoms with Crippen LogP contribution in [-0.4, -0.2) is 27.6 Å². The largest absolute Gasteiger partial charge is 0.356 e. The van der Waals surface area contributed by atoms with Crippen molar-refractivity contribution in [1.82, 2.24) is 20.5 Å². The molecule has 1 amide bonds. The molecule has 2 heterocycles. The van der Waals surface area contributed by atoms with Crippen molar-refractivity contribution in [2.45, 2.75) is 26.2 Å². The van der Waals surface area contributed by atoms with E-state index in [0.717, 1.165) is 17.5 Å². The number of amides is 1. The van der Waals surface area contributed by atoms with Crippen molar-refractivity contribution < 1.29 is 4.79 Å². The van der Waals surface area contributed by atoms with Gasteiger partial charge in [0.1, 0.15) is 5.69 Å². The molecule has 0 atom stereocenters. The van der Waals surface area contributed by atoms with Gasteiger partial charge in [0.05, 0.1) is 0 Å². The fraction of sp³-hybridized carbons (Fsp3) is 0.263. The molecule has 0 radical (unpaired) electrons. The smallest absolute Gasteiger partial charge is 0.273 e. The number of thiophene rings is 1. The molecule has 6 nitrogen and oxygen atoms in total. The van der Waals surface area contributed by atoms with E-state index in [2.05, 4.69) is 20.5 Å². The van der Waals surface area contributed by atoms with Gasteiger partial charge >= 0.3 is 0 Å². The van der Waals surface area contributed by atoms with Crippen molar-refractivity contribution >= 4 is 17.2 Å². The minimum Gasteiger partial charge on any atom is -0.356 e. The Morgan fingerprint density at radius 2 is 1.96 bits per heavy atom. The van der Waals surface area contributed by atoms with Gasteiger partial charge in [-0.3, -0.25) is 9.59 Å². The summed E-state index contributed by atoms with van der Waals surface area (Å²) < 4.78 is 0. The van der Waals surface area contributed by atoms with Gasteiger partial charge in [-0.05, 0) is 24.8 Å². The third-order valence-electron chi connectivity index (χ3n) is 3.95. The Kier molecular flexibility index (Phi) is 5.91. The van der Waals surface area contributed by atoms with Crippen LogP contribution in [0.1, 0.15) is 22.6 Å². The Morgan fingerprint density at radius 3 is 2.65 bits per heavy atom. The van der Waals surface area contributed by atoms with Gasteiger partial charge < -0.3 is 10.3 Å². The highest BCUT2D eigenvalue weighted by molar-refractivity contribution is 7.09. The summed E-state index contributed by atoms with van der Waals surface area (Å²) in [6, 6.07) is 11.7. The molecule has 0 saturated heterocycles. The number of carbonyl (C=O) groups is 1. The number of aromatic nitrogens is 3. The Balaban J connectivity index is 1.52. The highest BCUT2D eigenvalue weighted by atomic mass is 32.1. The maximum absolute atomic E-state index is 12.2. The zero-order valence-corrected chi connectivity index (χ0v) is 15.3. The van der Waals surface area contributed by atoms with E-state index in [1.807, 2.05) is 48.7 Å². The average molecular weight is 368 g/mol. The van der Waals surface area contributed by atoms with Gasteiger partial charge in [-0.15, -0.1) is 21.5 Å². The van der Waals surface area contributed by atoms with Crippen LogP contribution in [0.4, 0.5) is 0 Å². The molecule has 0 saturated carbocycles. The molecule has 134 valence electrons. The van der Waals surface area contributed by atoms with Gasteiger partial charge in [0.25, 0.3) is 5.56 Å².